The van der Waals surface area contributed by atoms with Crippen molar-refractivity contribution in [1.29, 1.82) is 5.41 Å². The number of nitrogens with two attached hydrogens (primary N) is 1. The van der Waals surface area contributed by atoms with Crippen molar-refractivity contribution in [2.75, 3.05) is 4.90 Å². The van der Waals surface area contributed by atoms with Crippen molar-refractivity contribution in [1.82, 2.24) is 0 Å². The van der Waals surface area contributed by atoms with Gasteiger partial charge in [-0.1, -0.05) is 49.0 Å². The molecule has 0 aliphatic heterocycles. The zero-order valence-corrected chi connectivity index (χ0v) is 9.82. The Morgan fingerprint density at radius 1 is 1.18 bits per heavy atom. The summed E-state index contributed by atoms with van der Waals surface area (Å²) in [4.78, 5) is 12.5. The van der Waals surface area contributed by atoms with E-state index in [1.165, 1.54) is 0 Å². The molecule has 2 aromatic carbocycles. The molecule has 2 rings (SSSR count). The first-order chi connectivity index (χ1) is 8.11. The lowest BCUT2D eigenvalue weighted by Gasteiger charge is -2.19. The smallest absolute Gasteiger partial charge is 0.289 e. The summed E-state index contributed by atoms with van der Waals surface area (Å²) < 4.78 is 0. The Morgan fingerprint density at radius 2 is 1.82 bits per heavy atom. The van der Waals surface area contributed by atoms with Crippen LogP contribution in [0.25, 0.3) is 10.8 Å². The van der Waals surface area contributed by atoms with Gasteiger partial charge < -0.3 is 5.73 Å². The number of amides is 1. The molecule has 0 atom stereocenters. The van der Waals surface area contributed by atoms with Gasteiger partial charge in [-0.25, -0.2) is 4.90 Å². The topological polar surface area (TPSA) is 70.2 Å². The van der Waals surface area contributed by atoms with Crippen molar-refractivity contribution in [3.63, 3.8) is 0 Å². The van der Waals surface area contributed by atoms with Crippen molar-refractivity contribution >= 4 is 40.3 Å². The summed E-state index contributed by atoms with van der Waals surface area (Å²) in [5.74, 6) is -0.346. The fourth-order valence-corrected chi connectivity index (χ4v) is 1.95. The Labute approximate surface area is 104 Å². The molecule has 0 unspecified atom stereocenters. The summed E-state index contributed by atoms with van der Waals surface area (Å²) >= 11 is 3.74. The number of rotatable bonds is 1. The van der Waals surface area contributed by atoms with Crippen molar-refractivity contribution in [3.05, 3.63) is 42.5 Å². The highest BCUT2D eigenvalue weighted by Gasteiger charge is 2.17. The largest absolute Gasteiger partial charge is 0.369 e. The lowest BCUT2D eigenvalue weighted by molar-refractivity contribution is 0.267. The third-order valence-electron chi connectivity index (χ3n) is 2.44. The Kier molecular flexibility index (Phi) is 3.01. The van der Waals surface area contributed by atoms with Crippen LogP contribution in [0.2, 0.25) is 0 Å². The molecule has 0 aromatic heterocycles. The first-order valence-corrected chi connectivity index (χ1v) is 5.41. The van der Waals surface area contributed by atoms with Crippen LogP contribution in [0.5, 0.6) is 0 Å². The van der Waals surface area contributed by atoms with Crippen LogP contribution in [0.1, 0.15) is 0 Å². The number of carbonyl (C=O) groups is 1. The number of benzene rings is 2. The van der Waals surface area contributed by atoms with Crippen molar-refractivity contribution < 1.29 is 4.79 Å². The lowest BCUT2D eigenvalue weighted by Crippen LogP contribution is -2.38. The quantitative estimate of drug-likeness (QED) is 0.410. The number of fused-ring (bicyclic) bond motifs is 1. The first kappa shape index (κ1) is 11.5. The van der Waals surface area contributed by atoms with E-state index >= 15 is 0 Å². The summed E-state index contributed by atoms with van der Waals surface area (Å²) in [6.07, 6.45) is 0. The molecule has 17 heavy (non-hydrogen) atoms. The maximum atomic E-state index is 11.4. The van der Waals surface area contributed by atoms with E-state index < -0.39 is 5.24 Å². The van der Waals surface area contributed by atoms with Crippen LogP contribution in [0.3, 0.4) is 0 Å². The molecule has 0 bridgehead atoms. The van der Waals surface area contributed by atoms with Gasteiger partial charge in [-0.3, -0.25) is 10.2 Å². The predicted molar refractivity (Wildman–Crippen MR) is 72.7 cm³/mol. The second-order valence-corrected chi connectivity index (χ2v) is 3.88. The standard InChI is InChI=1S/C12H11N3OS/c13-11(14)15(12(16)17)10-7-3-5-8-4-1-2-6-9(8)10/h1-7H,(H3,13,14)(H,16,17). The van der Waals surface area contributed by atoms with E-state index in [0.29, 0.717) is 5.69 Å². The molecule has 0 spiro atoms. The highest BCUT2D eigenvalue weighted by molar-refractivity contribution is 7.97. The van der Waals surface area contributed by atoms with Crippen LogP contribution in [0.4, 0.5) is 10.5 Å². The SMILES string of the molecule is N=C(N)N(C(=O)S)c1cccc2ccccc12. The number of nitrogens with zero attached hydrogens (tertiary/aromatic N) is 1. The summed E-state index contributed by atoms with van der Waals surface area (Å²) in [6.45, 7) is 0. The highest BCUT2D eigenvalue weighted by atomic mass is 32.1. The van der Waals surface area contributed by atoms with E-state index in [0.717, 1.165) is 15.7 Å². The van der Waals surface area contributed by atoms with E-state index in [2.05, 4.69) is 12.6 Å². The van der Waals surface area contributed by atoms with Gasteiger partial charge in [-0.15, -0.1) is 0 Å². The van der Waals surface area contributed by atoms with Gasteiger partial charge in [0, 0.05) is 5.39 Å². The van der Waals surface area contributed by atoms with Gasteiger partial charge in [0.15, 0.2) is 0 Å². The van der Waals surface area contributed by atoms with Crippen LogP contribution in [-0.4, -0.2) is 11.2 Å². The molecular weight excluding hydrogens is 234 g/mol. The van der Waals surface area contributed by atoms with E-state index in [4.69, 9.17) is 11.1 Å². The minimum atomic E-state index is -0.575. The summed E-state index contributed by atoms with van der Waals surface area (Å²) in [6, 6.07) is 13.1. The molecule has 2 aromatic rings. The normalized spacial score (nSPS) is 10.2. The van der Waals surface area contributed by atoms with E-state index in [-0.39, 0.29) is 5.96 Å². The van der Waals surface area contributed by atoms with E-state index in [1.54, 1.807) is 6.07 Å². The number of anilines is 1. The average Bonchev–Trinajstić information content (AvgIpc) is 2.28. The summed E-state index contributed by atoms with van der Waals surface area (Å²) in [5, 5.41) is 8.69. The third kappa shape index (κ3) is 2.09. The minimum absolute atomic E-state index is 0.346. The van der Waals surface area contributed by atoms with Gasteiger partial charge in [0.1, 0.15) is 0 Å². The lowest BCUT2D eigenvalue weighted by atomic mass is 10.1. The molecule has 0 radical (unpaired) electrons. The van der Waals surface area contributed by atoms with Crippen LogP contribution in [0.15, 0.2) is 42.5 Å². The Bertz CT molecular complexity index is 578. The minimum Gasteiger partial charge on any atom is -0.369 e. The molecule has 5 heteroatoms. The maximum absolute atomic E-state index is 11.4. The molecule has 3 N–H and O–H groups in total. The molecule has 0 saturated heterocycles. The van der Waals surface area contributed by atoms with Crippen LogP contribution in [-0.2, 0) is 0 Å². The summed E-state index contributed by atoms with van der Waals surface area (Å²) in [7, 11) is 0. The predicted octanol–water partition coefficient (Wildman–Crippen LogP) is 2.59. The van der Waals surface area contributed by atoms with Crippen molar-refractivity contribution in [2.24, 2.45) is 5.73 Å². The second-order valence-electron chi connectivity index (χ2n) is 3.50. The van der Waals surface area contributed by atoms with Gasteiger partial charge in [-0.05, 0) is 11.5 Å². The molecule has 1 amide bonds. The molecule has 0 fully saturated rings. The molecule has 0 saturated carbocycles. The molecule has 4 nitrogen and oxygen atoms in total. The molecule has 0 aliphatic rings. The first-order valence-electron chi connectivity index (χ1n) is 4.96. The van der Waals surface area contributed by atoms with Crippen LogP contribution < -0.4 is 10.6 Å². The van der Waals surface area contributed by atoms with E-state index in [1.807, 2.05) is 36.4 Å². The fourth-order valence-electron chi connectivity index (χ4n) is 1.74. The zero-order chi connectivity index (χ0) is 12.4. The Morgan fingerprint density at radius 3 is 2.47 bits per heavy atom. The van der Waals surface area contributed by atoms with Gasteiger partial charge in [0.2, 0.25) is 5.96 Å². The number of thiol groups is 1. The number of hydrogen-bond acceptors (Lipinski definition) is 2. The maximum Gasteiger partial charge on any atom is 0.289 e. The van der Waals surface area contributed by atoms with Gasteiger partial charge >= 0.3 is 0 Å². The number of hydrogen-bond donors (Lipinski definition) is 3. The van der Waals surface area contributed by atoms with Crippen molar-refractivity contribution in [3.8, 4) is 0 Å². The number of carbonyl (C=O) groups excluding carboxylic acids is 1. The molecule has 0 aliphatic carbocycles. The summed E-state index contributed by atoms with van der Waals surface area (Å²) in [5.41, 5.74) is 5.97. The van der Waals surface area contributed by atoms with E-state index in [9.17, 15) is 4.79 Å². The highest BCUT2D eigenvalue weighted by Crippen LogP contribution is 2.27. The monoisotopic (exact) mass is 245 g/mol. The number of guanidine groups is 1. The molecule has 0 heterocycles. The molecule has 86 valence electrons. The Hall–Kier alpha value is -2.01. The van der Waals surface area contributed by atoms with Gasteiger partial charge in [0.05, 0.1) is 5.69 Å². The van der Waals surface area contributed by atoms with Crippen molar-refractivity contribution in [2.45, 2.75) is 0 Å². The zero-order valence-electron chi connectivity index (χ0n) is 8.92. The van der Waals surface area contributed by atoms with Crippen LogP contribution >= 0.6 is 12.6 Å². The fraction of sp³-hybridized carbons (Fsp3) is 0. The van der Waals surface area contributed by atoms with Gasteiger partial charge in [0.25, 0.3) is 5.24 Å². The van der Waals surface area contributed by atoms with Gasteiger partial charge in [-0.2, -0.15) is 0 Å². The molecular formula is C12H11N3OS. The number of nitrogens with one attached hydrogen (secondary N) is 1. The van der Waals surface area contributed by atoms with Crippen LogP contribution in [0, 0.1) is 5.41 Å². The Balaban J connectivity index is 2.69. The second kappa shape index (κ2) is 4.47. The third-order valence-corrected chi connectivity index (χ3v) is 2.64. The average molecular weight is 245 g/mol.